The third-order valence-electron chi connectivity index (χ3n) is 5.75. The van der Waals surface area contributed by atoms with E-state index in [1.807, 2.05) is 19.1 Å². The molecule has 0 radical (unpaired) electrons. The van der Waals surface area contributed by atoms with Crippen LogP contribution in [0.15, 0.2) is 48.5 Å². The molecule has 3 rings (SSSR count). The SMILES string of the molecule is C[C@H]1CCCN(c2ccc([C@H](C)NC(=O)c3ccccc3N(C)S(C)(=O)=O)cc2)C1. The highest BCUT2D eigenvalue weighted by molar-refractivity contribution is 7.92. The fraction of sp³-hybridized carbons (Fsp3) is 0.435. The van der Waals surface area contributed by atoms with Crippen molar-refractivity contribution in [3.05, 3.63) is 59.7 Å². The van der Waals surface area contributed by atoms with Gasteiger partial charge in [-0.1, -0.05) is 31.2 Å². The van der Waals surface area contributed by atoms with E-state index in [9.17, 15) is 13.2 Å². The monoisotopic (exact) mass is 429 g/mol. The average Bonchev–Trinajstić information content (AvgIpc) is 2.72. The van der Waals surface area contributed by atoms with Crippen molar-refractivity contribution < 1.29 is 13.2 Å². The number of carbonyl (C=O) groups is 1. The van der Waals surface area contributed by atoms with E-state index in [2.05, 4.69) is 29.3 Å². The van der Waals surface area contributed by atoms with Gasteiger partial charge >= 0.3 is 0 Å². The van der Waals surface area contributed by atoms with E-state index >= 15 is 0 Å². The summed E-state index contributed by atoms with van der Waals surface area (Å²) in [5.74, 6) is 0.407. The molecule has 0 aromatic heterocycles. The highest BCUT2D eigenvalue weighted by Crippen LogP contribution is 2.26. The minimum atomic E-state index is -3.46. The molecular formula is C23H31N3O3S. The van der Waals surface area contributed by atoms with E-state index in [4.69, 9.17) is 0 Å². The third kappa shape index (κ3) is 5.14. The van der Waals surface area contributed by atoms with Crippen LogP contribution in [0.4, 0.5) is 11.4 Å². The molecule has 2 aromatic rings. The highest BCUT2D eigenvalue weighted by atomic mass is 32.2. The van der Waals surface area contributed by atoms with Crippen LogP contribution in [0.25, 0.3) is 0 Å². The predicted octanol–water partition coefficient (Wildman–Crippen LogP) is 3.81. The molecule has 0 saturated carbocycles. The van der Waals surface area contributed by atoms with E-state index in [0.717, 1.165) is 29.2 Å². The molecule has 1 heterocycles. The first kappa shape index (κ1) is 22.2. The van der Waals surface area contributed by atoms with Gasteiger partial charge in [-0.15, -0.1) is 0 Å². The first-order valence-corrected chi connectivity index (χ1v) is 12.2. The Bertz CT molecular complexity index is 989. The Labute approximate surface area is 179 Å². The van der Waals surface area contributed by atoms with Gasteiger partial charge in [-0.3, -0.25) is 9.10 Å². The zero-order chi connectivity index (χ0) is 21.9. The molecule has 1 saturated heterocycles. The van der Waals surface area contributed by atoms with E-state index in [1.54, 1.807) is 24.3 Å². The molecule has 1 amide bonds. The first-order chi connectivity index (χ1) is 14.2. The van der Waals surface area contributed by atoms with Crippen molar-refractivity contribution in [2.75, 3.05) is 35.6 Å². The highest BCUT2D eigenvalue weighted by Gasteiger charge is 2.21. The first-order valence-electron chi connectivity index (χ1n) is 10.4. The summed E-state index contributed by atoms with van der Waals surface area (Å²) in [5, 5.41) is 2.99. The molecule has 0 aliphatic carbocycles. The fourth-order valence-corrected chi connectivity index (χ4v) is 4.39. The van der Waals surface area contributed by atoms with E-state index in [0.29, 0.717) is 17.2 Å². The number of hydrogen-bond donors (Lipinski definition) is 1. The van der Waals surface area contributed by atoms with Gasteiger partial charge in [0.15, 0.2) is 0 Å². The topological polar surface area (TPSA) is 69.7 Å². The van der Waals surface area contributed by atoms with Crippen molar-refractivity contribution in [1.29, 1.82) is 0 Å². The van der Waals surface area contributed by atoms with Crippen LogP contribution in [-0.4, -0.2) is 40.7 Å². The van der Waals surface area contributed by atoms with Crippen LogP contribution < -0.4 is 14.5 Å². The van der Waals surface area contributed by atoms with Crippen LogP contribution in [0.5, 0.6) is 0 Å². The summed E-state index contributed by atoms with van der Waals surface area (Å²) in [4.78, 5) is 15.3. The Morgan fingerprint density at radius 3 is 2.47 bits per heavy atom. The standard InChI is InChI=1S/C23H31N3O3S/c1-17-8-7-15-26(16-17)20-13-11-19(12-14-20)18(2)24-23(27)21-9-5-6-10-22(21)25(3)30(4,28)29/h5-6,9-14,17-18H,7-8,15-16H2,1-4H3,(H,24,27)/t17-,18-/m0/s1. The van der Waals surface area contributed by atoms with Crippen molar-refractivity contribution in [1.82, 2.24) is 5.32 Å². The number of benzene rings is 2. The summed E-state index contributed by atoms with van der Waals surface area (Å²) in [6, 6.07) is 14.8. The van der Waals surface area contributed by atoms with E-state index in [-0.39, 0.29) is 11.9 Å². The summed E-state index contributed by atoms with van der Waals surface area (Å²) < 4.78 is 25.0. The van der Waals surface area contributed by atoms with Crippen LogP contribution in [0.3, 0.4) is 0 Å². The van der Waals surface area contributed by atoms with Gasteiger partial charge in [0.1, 0.15) is 0 Å². The zero-order valence-electron chi connectivity index (χ0n) is 18.1. The lowest BCUT2D eigenvalue weighted by Gasteiger charge is -2.33. The lowest BCUT2D eigenvalue weighted by molar-refractivity contribution is 0.0940. The zero-order valence-corrected chi connectivity index (χ0v) is 18.9. The van der Waals surface area contributed by atoms with Crippen molar-refractivity contribution in [2.45, 2.75) is 32.7 Å². The van der Waals surface area contributed by atoms with Gasteiger partial charge in [-0.25, -0.2) is 8.42 Å². The number of para-hydroxylation sites is 1. The molecule has 0 unspecified atom stereocenters. The Morgan fingerprint density at radius 1 is 1.17 bits per heavy atom. The molecule has 2 aromatic carbocycles. The van der Waals surface area contributed by atoms with Crippen molar-refractivity contribution in [3.8, 4) is 0 Å². The normalized spacial score (nSPS) is 18.0. The molecule has 7 heteroatoms. The number of nitrogens with one attached hydrogen (secondary N) is 1. The number of anilines is 2. The minimum Gasteiger partial charge on any atom is -0.371 e. The second kappa shape index (κ2) is 9.08. The number of hydrogen-bond acceptors (Lipinski definition) is 4. The number of nitrogens with zero attached hydrogens (tertiary/aromatic N) is 2. The van der Waals surface area contributed by atoms with E-state index in [1.165, 1.54) is 25.6 Å². The Hall–Kier alpha value is -2.54. The molecule has 1 aliphatic heterocycles. The molecule has 2 atom stereocenters. The summed E-state index contributed by atoms with van der Waals surface area (Å²) >= 11 is 0. The summed E-state index contributed by atoms with van der Waals surface area (Å²) in [7, 11) is -2.01. The van der Waals surface area contributed by atoms with Crippen LogP contribution in [0, 0.1) is 5.92 Å². The van der Waals surface area contributed by atoms with Gasteiger partial charge < -0.3 is 10.2 Å². The van der Waals surface area contributed by atoms with Gasteiger partial charge in [-0.2, -0.15) is 0 Å². The van der Waals surface area contributed by atoms with Gasteiger partial charge in [0.2, 0.25) is 10.0 Å². The van der Waals surface area contributed by atoms with Crippen molar-refractivity contribution >= 4 is 27.3 Å². The fourth-order valence-electron chi connectivity index (χ4n) is 3.87. The summed E-state index contributed by atoms with van der Waals surface area (Å²) in [5.41, 5.74) is 2.91. The molecular weight excluding hydrogens is 398 g/mol. The number of carbonyl (C=O) groups excluding carboxylic acids is 1. The number of amides is 1. The molecule has 1 aliphatic rings. The van der Waals surface area contributed by atoms with Crippen LogP contribution in [0.1, 0.15) is 48.7 Å². The van der Waals surface area contributed by atoms with Crippen LogP contribution in [-0.2, 0) is 10.0 Å². The molecule has 6 nitrogen and oxygen atoms in total. The Kier molecular flexibility index (Phi) is 6.71. The van der Waals surface area contributed by atoms with Gasteiger partial charge in [0.05, 0.1) is 23.5 Å². The lowest BCUT2D eigenvalue weighted by atomic mass is 9.99. The van der Waals surface area contributed by atoms with Crippen molar-refractivity contribution in [2.24, 2.45) is 5.92 Å². The van der Waals surface area contributed by atoms with Crippen molar-refractivity contribution in [3.63, 3.8) is 0 Å². The second-order valence-electron chi connectivity index (χ2n) is 8.23. The number of rotatable bonds is 6. The van der Waals surface area contributed by atoms with Crippen LogP contribution >= 0.6 is 0 Å². The molecule has 1 fully saturated rings. The maximum absolute atomic E-state index is 12.9. The molecule has 0 bridgehead atoms. The molecule has 1 N–H and O–H groups in total. The molecule has 162 valence electrons. The van der Waals surface area contributed by atoms with E-state index < -0.39 is 10.0 Å². The minimum absolute atomic E-state index is 0.205. The molecule has 0 spiro atoms. The summed E-state index contributed by atoms with van der Waals surface area (Å²) in [6.45, 7) is 6.38. The average molecular weight is 430 g/mol. The van der Waals surface area contributed by atoms with Crippen LogP contribution in [0.2, 0.25) is 0 Å². The summed E-state index contributed by atoms with van der Waals surface area (Å²) in [6.07, 6.45) is 3.62. The van der Waals surface area contributed by atoms with Gasteiger partial charge in [-0.05, 0) is 55.5 Å². The van der Waals surface area contributed by atoms with Gasteiger partial charge in [0.25, 0.3) is 5.91 Å². The Morgan fingerprint density at radius 2 is 1.83 bits per heavy atom. The maximum Gasteiger partial charge on any atom is 0.253 e. The number of piperidine rings is 1. The number of sulfonamides is 1. The lowest BCUT2D eigenvalue weighted by Crippen LogP contribution is -2.34. The predicted molar refractivity (Wildman–Crippen MR) is 123 cm³/mol. The quantitative estimate of drug-likeness (QED) is 0.758. The smallest absolute Gasteiger partial charge is 0.253 e. The van der Waals surface area contributed by atoms with Gasteiger partial charge in [0, 0.05) is 25.8 Å². The maximum atomic E-state index is 12.9. The Balaban J connectivity index is 1.72. The third-order valence-corrected chi connectivity index (χ3v) is 6.94. The largest absolute Gasteiger partial charge is 0.371 e. The second-order valence-corrected chi connectivity index (χ2v) is 10.2. The molecule has 30 heavy (non-hydrogen) atoms.